The minimum Gasteiger partial charge on any atom is -0.496 e. The van der Waals surface area contributed by atoms with E-state index in [-0.39, 0.29) is 21.9 Å². The summed E-state index contributed by atoms with van der Waals surface area (Å²) < 4.78 is 5.02. The van der Waals surface area contributed by atoms with Gasteiger partial charge < -0.3 is 10.5 Å². The molecule has 1 aromatic rings. The van der Waals surface area contributed by atoms with E-state index in [1.54, 1.807) is 12.1 Å². The molecular formula is C11H8ClNO3. The van der Waals surface area contributed by atoms with Crippen LogP contribution in [-0.4, -0.2) is 18.7 Å². The van der Waals surface area contributed by atoms with Crippen molar-refractivity contribution in [3.8, 4) is 5.75 Å². The van der Waals surface area contributed by atoms with Gasteiger partial charge in [0.05, 0.1) is 12.7 Å². The monoisotopic (exact) mass is 237 g/mol. The van der Waals surface area contributed by atoms with Crippen LogP contribution in [0.4, 0.5) is 0 Å². The molecule has 0 radical (unpaired) electrons. The molecule has 0 fully saturated rings. The van der Waals surface area contributed by atoms with Crippen molar-refractivity contribution in [3.05, 3.63) is 40.1 Å². The normalized spacial score (nSPS) is 15.1. The van der Waals surface area contributed by atoms with Crippen molar-refractivity contribution in [1.82, 2.24) is 0 Å². The lowest BCUT2D eigenvalue weighted by atomic mass is 9.92. The summed E-state index contributed by atoms with van der Waals surface area (Å²) in [6, 6.07) is 4.73. The smallest absolute Gasteiger partial charge is 0.214 e. The van der Waals surface area contributed by atoms with Crippen molar-refractivity contribution in [1.29, 1.82) is 0 Å². The third-order valence-electron chi connectivity index (χ3n) is 2.40. The zero-order valence-corrected chi connectivity index (χ0v) is 9.17. The maximum absolute atomic E-state index is 11.9. The molecule has 0 heterocycles. The average molecular weight is 238 g/mol. The number of fused-ring (bicyclic) bond motifs is 1. The van der Waals surface area contributed by atoms with Crippen LogP contribution in [0, 0.1) is 0 Å². The summed E-state index contributed by atoms with van der Waals surface area (Å²) in [6.45, 7) is 0. The van der Waals surface area contributed by atoms with Gasteiger partial charge in [0.15, 0.2) is 0 Å². The van der Waals surface area contributed by atoms with Crippen molar-refractivity contribution in [2.75, 3.05) is 7.11 Å². The zero-order valence-electron chi connectivity index (χ0n) is 8.41. The first kappa shape index (κ1) is 10.7. The molecule has 5 heteroatoms. The molecule has 4 nitrogen and oxygen atoms in total. The number of ether oxygens (including phenoxy) is 1. The van der Waals surface area contributed by atoms with E-state index < -0.39 is 11.6 Å². The topological polar surface area (TPSA) is 69.4 Å². The average Bonchev–Trinajstić information content (AvgIpc) is 2.32. The Balaban J connectivity index is 2.76. The molecule has 0 saturated heterocycles. The van der Waals surface area contributed by atoms with Crippen LogP contribution < -0.4 is 10.5 Å². The molecule has 0 aromatic heterocycles. The minimum atomic E-state index is -0.475. The molecule has 0 spiro atoms. The van der Waals surface area contributed by atoms with Gasteiger partial charge in [0, 0.05) is 5.56 Å². The van der Waals surface area contributed by atoms with Crippen LogP contribution in [0.2, 0.25) is 0 Å². The fourth-order valence-electron chi connectivity index (χ4n) is 1.60. The Hall–Kier alpha value is -1.81. The SMILES string of the molecule is COc1cccc2c1C(=O)C(N)=C(Cl)C2=O. The van der Waals surface area contributed by atoms with Crippen molar-refractivity contribution in [3.63, 3.8) is 0 Å². The highest BCUT2D eigenvalue weighted by Gasteiger charge is 2.32. The molecule has 0 aliphatic heterocycles. The summed E-state index contributed by atoms with van der Waals surface area (Å²) in [7, 11) is 1.42. The number of carbonyl (C=O) groups is 2. The number of hydrogen-bond donors (Lipinski definition) is 1. The molecule has 1 aliphatic carbocycles. The molecule has 0 bridgehead atoms. The second-order valence-corrected chi connectivity index (χ2v) is 3.65. The van der Waals surface area contributed by atoms with Crippen LogP contribution in [0.5, 0.6) is 5.75 Å². The van der Waals surface area contributed by atoms with Crippen molar-refractivity contribution >= 4 is 23.2 Å². The predicted octanol–water partition coefficient (Wildman–Crippen LogP) is 1.48. The van der Waals surface area contributed by atoms with Crippen LogP contribution >= 0.6 is 11.6 Å². The van der Waals surface area contributed by atoms with E-state index in [0.717, 1.165) is 0 Å². The number of rotatable bonds is 1. The van der Waals surface area contributed by atoms with E-state index in [1.807, 2.05) is 0 Å². The van der Waals surface area contributed by atoms with E-state index in [0.29, 0.717) is 5.75 Å². The summed E-state index contributed by atoms with van der Waals surface area (Å²) in [6.07, 6.45) is 0. The molecule has 0 amide bonds. The number of methoxy groups -OCH3 is 1. The Kier molecular flexibility index (Phi) is 2.44. The van der Waals surface area contributed by atoms with Gasteiger partial charge in [0.1, 0.15) is 16.5 Å². The van der Waals surface area contributed by atoms with Crippen LogP contribution in [0.3, 0.4) is 0 Å². The Morgan fingerprint density at radius 2 is 1.94 bits per heavy atom. The van der Waals surface area contributed by atoms with Crippen molar-refractivity contribution < 1.29 is 14.3 Å². The van der Waals surface area contributed by atoms with Gasteiger partial charge in [-0.2, -0.15) is 0 Å². The molecule has 82 valence electrons. The second-order valence-electron chi connectivity index (χ2n) is 3.27. The Morgan fingerprint density at radius 1 is 1.25 bits per heavy atom. The largest absolute Gasteiger partial charge is 0.496 e. The van der Waals surface area contributed by atoms with E-state index >= 15 is 0 Å². The van der Waals surface area contributed by atoms with Gasteiger partial charge in [-0.05, 0) is 12.1 Å². The lowest BCUT2D eigenvalue weighted by molar-refractivity contribution is 0.0977. The number of ketones is 2. The van der Waals surface area contributed by atoms with E-state index in [9.17, 15) is 9.59 Å². The third kappa shape index (κ3) is 1.31. The lowest BCUT2D eigenvalue weighted by Gasteiger charge is -2.17. The minimum absolute atomic E-state index is 0.178. The van der Waals surface area contributed by atoms with E-state index in [2.05, 4.69) is 0 Å². The Bertz CT molecular complexity index is 534. The van der Waals surface area contributed by atoms with E-state index in [4.69, 9.17) is 22.1 Å². The highest BCUT2D eigenvalue weighted by Crippen LogP contribution is 2.32. The van der Waals surface area contributed by atoms with Gasteiger partial charge in [-0.1, -0.05) is 17.7 Å². The number of hydrogen-bond acceptors (Lipinski definition) is 4. The molecule has 16 heavy (non-hydrogen) atoms. The van der Waals surface area contributed by atoms with Crippen LogP contribution in [-0.2, 0) is 0 Å². The van der Waals surface area contributed by atoms with Crippen LogP contribution in [0.15, 0.2) is 28.9 Å². The highest BCUT2D eigenvalue weighted by molar-refractivity contribution is 6.50. The Labute approximate surface area is 96.6 Å². The fraction of sp³-hybridized carbons (Fsp3) is 0.0909. The first-order valence-corrected chi connectivity index (χ1v) is 4.87. The molecule has 0 unspecified atom stereocenters. The molecule has 0 saturated carbocycles. The van der Waals surface area contributed by atoms with Gasteiger partial charge in [-0.25, -0.2) is 0 Å². The van der Waals surface area contributed by atoms with Crippen molar-refractivity contribution in [2.24, 2.45) is 5.73 Å². The molecular weight excluding hydrogens is 230 g/mol. The number of Topliss-reactive ketones (excluding diaryl/α,β-unsaturated/α-hetero) is 2. The lowest BCUT2D eigenvalue weighted by Crippen LogP contribution is -2.25. The fourth-order valence-corrected chi connectivity index (χ4v) is 1.79. The standard InChI is InChI=1S/C11H8ClNO3/c1-16-6-4-2-3-5-7(6)11(15)9(13)8(12)10(5)14/h2-4H,13H2,1H3. The number of halogens is 1. The molecule has 2 rings (SSSR count). The second kappa shape index (κ2) is 3.64. The molecule has 2 N–H and O–H groups in total. The Morgan fingerprint density at radius 3 is 2.56 bits per heavy atom. The van der Waals surface area contributed by atoms with Crippen LogP contribution in [0.1, 0.15) is 20.7 Å². The maximum atomic E-state index is 11.9. The number of nitrogens with two attached hydrogens (primary N) is 1. The zero-order chi connectivity index (χ0) is 11.9. The van der Waals surface area contributed by atoms with Gasteiger partial charge in [-0.3, -0.25) is 9.59 Å². The van der Waals surface area contributed by atoms with Gasteiger partial charge >= 0.3 is 0 Å². The highest BCUT2D eigenvalue weighted by atomic mass is 35.5. The molecule has 0 atom stereocenters. The summed E-state index contributed by atoms with van der Waals surface area (Å²) in [4.78, 5) is 23.6. The third-order valence-corrected chi connectivity index (χ3v) is 2.77. The van der Waals surface area contributed by atoms with Gasteiger partial charge in [-0.15, -0.1) is 0 Å². The van der Waals surface area contributed by atoms with Gasteiger partial charge in [0.25, 0.3) is 0 Å². The maximum Gasteiger partial charge on any atom is 0.214 e. The van der Waals surface area contributed by atoms with E-state index in [1.165, 1.54) is 13.2 Å². The molecule has 1 aromatic carbocycles. The molecule has 1 aliphatic rings. The predicted molar refractivity (Wildman–Crippen MR) is 58.7 cm³/mol. The summed E-state index contributed by atoms with van der Waals surface area (Å²) in [5.74, 6) is -0.604. The summed E-state index contributed by atoms with van der Waals surface area (Å²) in [5, 5.41) is -0.231. The summed E-state index contributed by atoms with van der Waals surface area (Å²) in [5.41, 5.74) is 5.64. The first-order valence-electron chi connectivity index (χ1n) is 4.49. The van der Waals surface area contributed by atoms with Crippen molar-refractivity contribution in [2.45, 2.75) is 0 Å². The number of benzene rings is 1. The quantitative estimate of drug-likeness (QED) is 0.803. The van der Waals surface area contributed by atoms with Gasteiger partial charge in [0.2, 0.25) is 11.6 Å². The summed E-state index contributed by atoms with van der Waals surface area (Å²) >= 11 is 5.68. The first-order chi connectivity index (χ1) is 7.57. The number of allylic oxidation sites excluding steroid dienone is 2. The number of carbonyl (C=O) groups excluding carboxylic acids is 2. The van der Waals surface area contributed by atoms with Crippen LogP contribution in [0.25, 0.3) is 0 Å².